The molecule has 27 heavy (non-hydrogen) atoms. The number of fused-ring (bicyclic) bond motifs is 1. The van der Waals surface area contributed by atoms with E-state index in [1.165, 1.54) is 12.1 Å². The van der Waals surface area contributed by atoms with Gasteiger partial charge in [-0.15, -0.1) is 0 Å². The van der Waals surface area contributed by atoms with E-state index in [0.29, 0.717) is 43.1 Å². The minimum Gasteiger partial charge on any atom is -0.444 e. The van der Waals surface area contributed by atoms with E-state index in [0.717, 1.165) is 0 Å². The average Bonchev–Trinajstić information content (AvgIpc) is 3.02. The quantitative estimate of drug-likeness (QED) is 0.463. The number of piperidine rings is 1. The molecule has 0 spiro atoms. The van der Waals surface area contributed by atoms with Gasteiger partial charge in [0.2, 0.25) is 0 Å². The molecule has 144 valence electrons. The molecule has 0 aliphatic carbocycles. The number of ether oxygens (including phenoxy) is 1. The molecule has 1 aliphatic rings. The molecule has 3 rings (SSSR count). The van der Waals surface area contributed by atoms with Gasteiger partial charge in [-0.1, -0.05) is 0 Å². The van der Waals surface area contributed by atoms with E-state index in [1.807, 2.05) is 20.8 Å². The summed E-state index contributed by atoms with van der Waals surface area (Å²) in [6.45, 7) is 6.60. The second kappa shape index (κ2) is 6.98. The Morgan fingerprint density at radius 3 is 2.56 bits per heavy atom. The first kappa shape index (κ1) is 18.8. The van der Waals surface area contributed by atoms with Crippen molar-refractivity contribution in [1.82, 2.24) is 14.7 Å². The van der Waals surface area contributed by atoms with E-state index in [2.05, 4.69) is 5.10 Å². The third-order valence-electron chi connectivity index (χ3n) is 4.48. The molecule has 0 saturated carbocycles. The predicted molar refractivity (Wildman–Crippen MR) is 97.9 cm³/mol. The minimum absolute atomic E-state index is 0.0116. The smallest absolute Gasteiger partial charge is 0.410 e. The first-order valence-corrected chi connectivity index (χ1v) is 8.78. The Labute approximate surface area is 156 Å². The van der Waals surface area contributed by atoms with Crippen molar-refractivity contribution < 1.29 is 19.2 Å². The van der Waals surface area contributed by atoms with Gasteiger partial charge in [0.05, 0.1) is 22.0 Å². The molecule has 9 heteroatoms. The first-order valence-electron chi connectivity index (χ1n) is 8.78. The number of aromatic nitrogens is 2. The summed E-state index contributed by atoms with van der Waals surface area (Å²) in [5, 5.41) is 16.2. The Balaban J connectivity index is 1.75. The molecule has 0 atom stereocenters. The summed E-state index contributed by atoms with van der Waals surface area (Å²) in [5.41, 5.74) is -0.204. The lowest BCUT2D eigenvalue weighted by atomic mass is 10.1. The van der Waals surface area contributed by atoms with Crippen LogP contribution in [-0.2, 0) is 4.74 Å². The fraction of sp³-hybridized carbons (Fsp3) is 0.500. The van der Waals surface area contributed by atoms with E-state index in [9.17, 15) is 19.7 Å². The number of aldehydes is 1. The van der Waals surface area contributed by atoms with Gasteiger partial charge >= 0.3 is 6.09 Å². The van der Waals surface area contributed by atoms with Crippen molar-refractivity contribution in [2.45, 2.75) is 45.3 Å². The molecule has 9 nitrogen and oxygen atoms in total. The average molecular weight is 374 g/mol. The summed E-state index contributed by atoms with van der Waals surface area (Å²) < 4.78 is 7.17. The van der Waals surface area contributed by atoms with Gasteiger partial charge in [0.25, 0.3) is 5.69 Å². The van der Waals surface area contributed by atoms with Crippen LogP contribution < -0.4 is 0 Å². The molecule has 1 aromatic heterocycles. The molecule has 0 radical (unpaired) electrons. The van der Waals surface area contributed by atoms with Crippen LogP contribution in [0.4, 0.5) is 10.5 Å². The molecule has 1 amide bonds. The Hall–Kier alpha value is -2.97. The molecule has 0 bridgehead atoms. The molecule has 1 aliphatic heterocycles. The van der Waals surface area contributed by atoms with Gasteiger partial charge in [-0.25, -0.2) is 4.79 Å². The summed E-state index contributed by atoms with van der Waals surface area (Å²) in [5.74, 6) is 0. The molecule has 0 N–H and O–H groups in total. The Kier molecular flexibility index (Phi) is 4.86. The highest BCUT2D eigenvalue weighted by Gasteiger charge is 2.28. The zero-order chi connectivity index (χ0) is 19.8. The van der Waals surface area contributed by atoms with Gasteiger partial charge < -0.3 is 9.64 Å². The minimum atomic E-state index is -0.570. The molecular weight excluding hydrogens is 352 g/mol. The Bertz CT molecular complexity index is 891. The maximum atomic E-state index is 12.2. The number of nitro benzene ring substituents is 1. The summed E-state index contributed by atoms with van der Waals surface area (Å²) in [7, 11) is 0. The zero-order valence-corrected chi connectivity index (χ0v) is 15.5. The number of rotatable bonds is 3. The van der Waals surface area contributed by atoms with E-state index in [4.69, 9.17) is 4.74 Å². The molecule has 0 unspecified atom stereocenters. The van der Waals surface area contributed by atoms with Crippen LogP contribution >= 0.6 is 0 Å². The van der Waals surface area contributed by atoms with Crippen molar-refractivity contribution in [3.63, 3.8) is 0 Å². The number of carbonyl (C=O) groups excluding carboxylic acids is 2. The monoisotopic (exact) mass is 374 g/mol. The van der Waals surface area contributed by atoms with Crippen molar-refractivity contribution in [2.24, 2.45) is 0 Å². The van der Waals surface area contributed by atoms with Gasteiger partial charge in [0.1, 0.15) is 5.60 Å². The molecule has 1 aromatic carbocycles. The highest BCUT2D eigenvalue weighted by Crippen LogP contribution is 2.28. The predicted octanol–water partition coefficient (Wildman–Crippen LogP) is 3.33. The van der Waals surface area contributed by atoms with Gasteiger partial charge in [-0.2, -0.15) is 5.10 Å². The standard InChI is InChI=1S/C18H22N4O5/c1-18(2,3)27-17(24)20-6-4-14(5-7-20)21-10-12-9-16(22(25)26)13(11-23)8-15(12)19-21/h8-11,14H,4-7H2,1-3H3. The molecule has 2 heterocycles. The second-order valence-corrected chi connectivity index (χ2v) is 7.65. The van der Waals surface area contributed by atoms with Crippen LogP contribution in [-0.4, -0.2) is 50.7 Å². The Morgan fingerprint density at radius 1 is 1.33 bits per heavy atom. The van der Waals surface area contributed by atoms with Crippen molar-refractivity contribution in [1.29, 1.82) is 0 Å². The topological polar surface area (TPSA) is 108 Å². The van der Waals surface area contributed by atoms with E-state index >= 15 is 0 Å². The second-order valence-electron chi connectivity index (χ2n) is 7.65. The van der Waals surface area contributed by atoms with Crippen molar-refractivity contribution in [3.8, 4) is 0 Å². The number of hydrogen-bond donors (Lipinski definition) is 0. The third-order valence-corrected chi connectivity index (χ3v) is 4.48. The number of nitrogens with zero attached hydrogens (tertiary/aromatic N) is 4. The van der Waals surface area contributed by atoms with Crippen LogP contribution in [0.3, 0.4) is 0 Å². The maximum Gasteiger partial charge on any atom is 0.410 e. The number of likely N-dealkylation sites (tertiary alicyclic amines) is 1. The van der Waals surface area contributed by atoms with Crippen molar-refractivity contribution in [3.05, 3.63) is 34.0 Å². The number of carbonyl (C=O) groups is 2. The lowest BCUT2D eigenvalue weighted by molar-refractivity contribution is -0.384. The summed E-state index contributed by atoms with van der Waals surface area (Å²) in [4.78, 5) is 35.5. The molecule has 1 fully saturated rings. The lowest BCUT2D eigenvalue weighted by Gasteiger charge is -2.33. The van der Waals surface area contributed by atoms with Crippen LogP contribution in [0, 0.1) is 10.1 Å². The van der Waals surface area contributed by atoms with Gasteiger partial charge in [-0.05, 0) is 39.7 Å². The number of hydrogen-bond acceptors (Lipinski definition) is 6. The van der Waals surface area contributed by atoms with Gasteiger partial charge in [0.15, 0.2) is 6.29 Å². The highest BCUT2D eigenvalue weighted by atomic mass is 16.6. The van der Waals surface area contributed by atoms with Crippen molar-refractivity contribution in [2.75, 3.05) is 13.1 Å². The largest absolute Gasteiger partial charge is 0.444 e. The van der Waals surface area contributed by atoms with Crippen LogP contribution in [0.25, 0.3) is 10.9 Å². The normalized spacial score (nSPS) is 15.7. The van der Waals surface area contributed by atoms with Gasteiger partial charge in [-0.3, -0.25) is 19.6 Å². The number of amides is 1. The summed E-state index contributed by atoms with van der Waals surface area (Å²) in [6, 6.07) is 2.89. The van der Waals surface area contributed by atoms with Crippen LogP contribution in [0.5, 0.6) is 0 Å². The van der Waals surface area contributed by atoms with Crippen LogP contribution in [0.1, 0.15) is 50.0 Å². The van der Waals surface area contributed by atoms with Crippen molar-refractivity contribution >= 4 is 29.0 Å². The van der Waals surface area contributed by atoms with E-state index in [1.54, 1.807) is 15.8 Å². The fourth-order valence-electron chi connectivity index (χ4n) is 3.17. The molecule has 2 aromatic rings. The van der Waals surface area contributed by atoms with Gasteiger partial charge in [0, 0.05) is 30.7 Å². The summed E-state index contributed by atoms with van der Waals surface area (Å²) >= 11 is 0. The fourth-order valence-corrected chi connectivity index (χ4v) is 3.17. The van der Waals surface area contributed by atoms with E-state index in [-0.39, 0.29) is 23.4 Å². The SMILES string of the molecule is CC(C)(C)OC(=O)N1CCC(n2cc3cc([N+](=O)[O-])c(C=O)cc3n2)CC1. The highest BCUT2D eigenvalue weighted by molar-refractivity contribution is 5.91. The third kappa shape index (κ3) is 4.07. The molecular formula is C18H22N4O5. The van der Waals surface area contributed by atoms with E-state index < -0.39 is 10.5 Å². The number of nitro groups is 1. The zero-order valence-electron chi connectivity index (χ0n) is 15.5. The Morgan fingerprint density at radius 2 is 2.00 bits per heavy atom. The first-order chi connectivity index (χ1) is 12.7. The molecule has 1 saturated heterocycles. The number of benzene rings is 1. The lowest BCUT2D eigenvalue weighted by Crippen LogP contribution is -2.42. The van der Waals surface area contributed by atoms with Crippen LogP contribution in [0.15, 0.2) is 18.3 Å². The maximum absolute atomic E-state index is 12.2. The van der Waals surface area contributed by atoms with Crippen LogP contribution in [0.2, 0.25) is 0 Å². The summed E-state index contributed by atoms with van der Waals surface area (Å²) in [6.07, 6.45) is 3.31.